The van der Waals surface area contributed by atoms with E-state index in [0.29, 0.717) is 48.8 Å². The average Bonchev–Trinajstić information content (AvgIpc) is 2.63. The zero-order valence-electron chi connectivity index (χ0n) is 13.8. The van der Waals surface area contributed by atoms with Crippen molar-refractivity contribution in [2.75, 3.05) is 19.5 Å². The molecule has 0 bridgehead atoms. The van der Waals surface area contributed by atoms with Gasteiger partial charge in [0.25, 0.3) is 0 Å². The fourth-order valence-corrected chi connectivity index (χ4v) is 3.32. The van der Waals surface area contributed by atoms with Gasteiger partial charge in [0.1, 0.15) is 11.8 Å². The summed E-state index contributed by atoms with van der Waals surface area (Å²) in [6.07, 6.45) is 1.46. The van der Waals surface area contributed by atoms with Crippen molar-refractivity contribution in [1.82, 2.24) is 4.98 Å². The zero-order chi connectivity index (χ0) is 18.8. The number of benzene rings is 2. The number of nitrogens with one attached hydrogen (secondary N) is 1. The largest absolute Gasteiger partial charge is 0.504 e. The molecule has 0 saturated heterocycles. The van der Waals surface area contributed by atoms with Gasteiger partial charge in [0, 0.05) is 28.2 Å². The number of phenols is 1. The van der Waals surface area contributed by atoms with Crippen LogP contribution in [0.25, 0.3) is 10.9 Å². The smallest absolute Gasteiger partial charge is 0.162 e. The fourth-order valence-electron chi connectivity index (χ4n) is 2.51. The monoisotopic (exact) mass is 433 g/mol. The summed E-state index contributed by atoms with van der Waals surface area (Å²) in [7, 11) is 2.98. The van der Waals surface area contributed by atoms with Crippen LogP contribution in [0, 0.1) is 11.3 Å². The molecule has 8 heteroatoms. The summed E-state index contributed by atoms with van der Waals surface area (Å²) in [6, 6.07) is 8.62. The minimum Gasteiger partial charge on any atom is -0.504 e. The first-order valence-electron chi connectivity index (χ1n) is 7.38. The Morgan fingerprint density at radius 3 is 2.58 bits per heavy atom. The second-order valence-electron chi connectivity index (χ2n) is 5.29. The maximum atomic E-state index is 10.1. The van der Waals surface area contributed by atoms with Gasteiger partial charge in [-0.2, -0.15) is 5.26 Å². The van der Waals surface area contributed by atoms with E-state index in [2.05, 4.69) is 32.3 Å². The summed E-state index contributed by atoms with van der Waals surface area (Å²) in [6.45, 7) is 0. The Kier molecular flexibility index (Phi) is 5.07. The molecule has 0 radical (unpaired) electrons. The molecule has 0 amide bonds. The van der Waals surface area contributed by atoms with Gasteiger partial charge in [-0.3, -0.25) is 4.98 Å². The van der Waals surface area contributed by atoms with Crippen LogP contribution in [-0.4, -0.2) is 24.3 Å². The van der Waals surface area contributed by atoms with Crippen LogP contribution in [0.1, 0.15) is 5.56 Å². The van der Waals surface area contributed by atoms with Crippen LogP contribution in [0.3, 0.4) is 0 Å². The summed E-state index contributed by atoms with van der Waals surface area (Å²) in [5, 5.41) is 23.8. The van der Waals surface area contributed by atoms with Crippen LogP contribution < -0.4 is 14.8 Å². The van der Waals surface area contributed by atoms with Crippen molar-refractivity contribution in [2.24, 2.45) is 0 Å². The number of nitrogens with zero attached hydrogens (tertiary/aromatic N) is 2. The Bertz CT molecular complexity index is 1050. The first-order valence-corrected chi connectivity index (χ1v) is 8.55. The minimum atomic E-state index is -0.0484. The van der Waals surface area contributed by atoms with Gasteiger partial charge < -0.3 is 19.9 Å². The van der Waals surface area contributed by atoms with E-state index in [9.17, 15) is 10.4 Å². The van der Waals surface area contributed by atoms with E-state index in [1.807, 2.05) is 0 Å². The highest BCUT2D eigenvalue weighted by molar-refractivity contribution is 9.10. The van der Waals surface area contributed by atoms with Crippen LogP contribution >= 0.6 is 27.5 Å². The van der Waals surface area contributed by atoms with E-state index >= 15 is 0 Å². The number of fused-ring (bicyclic) bond motifs is 1. The van der Waals surface area contributed by atoms with Gasteiger partial charge >= 0.3 is 0 Å². The number of ether oxygens (including phenoxy) is 2. The number of halogens is 2. The Morgan fingerprint density at radius 2 is 1.92 bits per heavy atom. The normalized spacial score (nSPS) is 10.4. The van der Waals surface area contributed by atoms with E-state index in [4.69, 9.17) is 21.1 Å². The molecule has 2 aromatic carbocycles. The van der Waals surface area contributed by atoms with E-state index in [0.717, 1.165) is 0 Å². The van der Waals surface area contributed by atoms with Gasteiger partial charge in [-0.1, -0.05) is 11.6 Å². The summed E-state index contributed by atoms with van der Waals surface area (Å²) in [4.78, 5) is 4.26. The molecule has 3 rings (SSSR count). The predicted molar refractivity (Wildman–Crippen MR) is 104 cm³/mol. The summed E-state index contributed by atoms with van der Waals surface area (Å²) < 4.78 is 11.1. The molecule has 26 heavy (non-hydrogen) atoms. The number of phenolic OH excluding ortho intramolecular Hbond substituents is 1. The number of pyridine rings is 1. The highest BCUT2D eigenvalue weighted by Gasteiger charge is 2.15. The fraction of sp³-hybridized carbons (Fsp3) is 0.111. The molecular formula is C18H13BrClN3O3. The molecule has 0 saturated carbocycles. The maximum Gasteiger partial charge on any atom is 0.162 e. The topological polar surface area (TPSA) is 87.4 Å². The zero-order valence-corrected chi connectivity index (χ0v) is 16.1. The van der Waals surface area contributed by atoms with Crippen molar-refractivity contribution in [3.63, 3.8) is 0 Å². The third-order valence-corrected chi connectivity index (χ3v) is 4.74. The van der Waals surface area contributed by atoms with Crippen LogP contribution in [0.4, 0.5) is 11.4 Å². The van der Waals surface area contributed by atoms with Crippen molar-refractivity contribution in [1.29, 1.82) is 5.26 Å². The molecule has 1 heterocycles. The Hall–Kier alpha value is -2.69. The average molecular weight is 435 g/mol. The first-order chi connectivity index (χ1) is 12.5. The number of rotatable bonds is 4. The Balaban J connectivity index is 2.21. The highest BCUT2D eigenvalue weighted by Crippen LogP contribution is 2.40. The number of nitriles is 1. The molecule has 0 fully saturated rings. The third kappa shape index (κ3) is 3.21. The molecule has 0 unspecified atom stereocenters. The summed E-state index contributed by atoms with van der Waals surface area (Å²) in [5.74, 6) is 0.737. The molecule has 2 N–H and O–H groups in total. The number of aromatic nitrogens is 1. The quantitative estimate of drug-likeness (QED) is 0.601. The molecule has 0 spiro atoms. The van der Waals surface area contributed by atoms with Crippen molar-refractivity contribution in [3.05, 3.63) is 45.5 Å². The van der Waals surface area contributed by atoms with E-state index in [-0.39, 0.29) is 5.75 Å². The molecule has 132 valence electrons. The van der Waals surface area contributed by atoms with Crippen LogP contribution in [-0.2, 0) is 0 Å². The van der Waals surface area contributed by atoms with Gasteiger partial charge in [-0.25, -0.2) is 0 Å². The van der Waals surface area contributed by atoms with Gasteiger partial charge in [0.2, 0.25) is 0 Å². The van der Waals surface area contributed by atoms with Gasteiger partial charge in [-0.05, 0) is 28.1 Å². The highest BCUT2D eigenvalue weighted by atomic mass is 79.9. The van der Waals surface area contributed by atoms with E-state index in [1.165, 1.54) is 26.5 Å². The lowest BCUT2D eigenvalue weighted by Gasteiger charge is -2.15. The lowest BCUT2D eigenvalue weighted by atomic mass is 10.1. The Labute approximate surface area is 163 Å². The molecule has 0 aliphatic carbocycles. The van der Waals surface area contributed by atoms with Crippen LogP contribution in [0.5, 0.6) is 17.2 Å². The lowest BCUT2D eigenvalue weighted by molar-refractivity contribution is 0.374. The lowest BCUT2D eigenvalue weighted by Crippen LogP contribution is -1.99. The molecule has 3 aromatic rings. The number of hydrogen-bond acceptors (Lipinski definition) is 6. The molecule has 1 aromatic heterocycles. The maximum absolute atomic E-state index is 10.1. The van der Waals surface area contributed by atoms with E-state index in [1.54, 1.807) is 18.2 Å². The number of aromatic hydroxyl groups is 1. The second kappa shape index (κ2) is 7.28. The van der Waals surface area contributed by atoms with E-state index < -0.39 is 0 Å². The van der Waals surface area contributed by atoms with Gasteiger partial charge in [-0.15, -0.1) is 0 Å². The molecule has 0 atom stereocenters. The summed E-state index contributed by atoms with van der Waals surface area (Å²) in [5.41, 5.74) is 2.03. The van der Waals surface area contributed by atoms with Gasteiger partial charge in [0.15, 0.2) is 11.5 Å². The molecule has 6 nitrogen and oxygen atoms in total. The number of anilines is 2. The SMILES string of the molecule is COc1cc2ncc(C#N)c(Nc3cc(OC)c(Cl)cc3Br)c2cc1O. The van der Waals surface area contributed by atoms with Crippen molar-refractivity contribution in [2.45, 2.75) is 0 Å². The van der Waals surface area contributed by atoms with Crippen LogP contribution in [0.2, 0.25) is 5.02 Å². The predicted octanol–water partition coefficient (Wildman–Crippen LogP) is 4.99. The summed E-state index contributed by atoms with van der Waals surface area (Å²) >= 11 is 9.57. The Morgan fingerprint density at radius 1 is 1.19 bits per heavy atom. The first kappa shape index (κ1) is 18.1. The standard InChI is InChI=1S/C18H13BrClN3O3/c1-25-16-6-14(11(19)4-12(16)20)23-18-9(7-21)8-22-13-5-17(26-2)15(24)3-10(13)18/h3-6,8,24H,1-2H3,(H,22,23). The number of methoxy groups -OCH3 is 2. The molecule has 0 aliphatic rings. The third-order valence-electron chi connectivity index (χ3n) is 3.79. The van der Waals surface area contributed by atoms with Gasteiger partial charge in [0.05, 0.1) is 41.7 Å². The van der Waals surface area contributed by atoms with Crippen LogP contribution in [0.15, 0.2) is 34.9 Å². The second-order valence-corrected chi connectivity index (χ2v) is 6.55. The minimum absolute atomic E-state index is 0.0484. The number of hydrogen-bond donors (Lipinski definition) is 2. The van der Waals surface area contributed by atoms with Crippen molar-refractivity contribution >= 4 is 49.8 Å². The molecule has 0 aliphatic heterocycles. The van der Waals surface area contributed by atoms with Crippen molar-refractivity contribution < 1.29 is 14.6 Å². The molecular weight excluding hydrogens is 422 g/mol. The van der Waals surface area contributed by atoms with Crippen molar-refractivity contribution in [3.8, 4) is 23.3 Å².